The van der Waals surface area contributed by atoms with Crippen LogP contribution in [0.15, 0.2) is 0 Å². The van der Waals surface area contributed by atoms with Crippen molar-refractivity contribution in [1.29, 1.82) is 0 Å². The summed E-state index contributed by atoms with van der Waals surface area (Å²) in [5.41, 5.74) is -2.42. The summed E-state index contributed by atoms with van der Waals surface area (Å²) in [7, 11) is -6.37. The van der Waals surface area contributed by atoms with Gasteiger partial charge in [0.15, 0.2) is 10.1 Å². The second-order valence-corrected chi connectivity index (χ2v) is 9.33. The summed E-state index contributed by atoms with van der Waals surface area (Å²) in [6, 6.07) is 0. The molecule has 3 atom stereocenters. The molecule has 4 rings (SSSR count). The van der Waals surface area contributed by atoms with Crippen LogP contribution in [0, 0.1) is 17.3 Å². The van der Waals surface area contributed by atoms with Crippen molar-refractivity contribution in [2.45, 2.75) is 68.6 Å². The number of halogens is 3. The number of carbonyl (C=O) groups excluding carboxylic acids is 1. The Morgan fingerprint density at radius 2 is 1.76 bits per heavy atom. The number of carbonyl (C=O) groups is 1. The molecular formula is C15H20F3O6S-. The number of hydrogen-bond donors (Lipinski definition) is 1. The summed E-state index contributed by atoms with van der Waals surface area (Å²) < 4.78 is 78.8. The summed E-state index contributed by atoms with van der Waals surface area (Å²) in [5.74, 6) is -5.51. The number of rotatable bonds is 5. The Morgan fingerprint density at radius 1 is 1.24 bits per heavy atom. The fraction of sp³-hybridized carbons (Fsp3) is 0.933. The lowest BCUT2D eigenvalue weighted by Gasteiger charge is -2.59. The smallest absolute Gasteiger partial charge is 0.402 e. The zero-order chi connectivity index (χ0) is 18.9. The van der Waals surface area contributed by atoms with E-state index >= 15 is 0 Å². The normalized spacial score (nSPS) is 39.9. The summed E-state index contributed by atoms with van der Waals surface area (Å²) in [6.07, 6.45) is 1.13. The number of ether oxygens (including phenoxy) is 1. The zero-order valence-corrected chi connectivity index (χ0v) is 14.5. The van der Waals surface area contributed by atoms with E-state index in [4.69, 9.17) is 0 Å². The molecule has 0 aromatic heterocycles. The molecular weight excluding hydrogens is 365 g/mol. The van der Waals surface area contributed by atoms with E-state index in [1.54, 1.807) is 0 Å². The lowest BCUT2D eigenvalue weighted by Crippen LogP contribution is -2.61. The van der Waals surface area contributed by atoms with Gasteiger partial charge < -0.3 is 14.4 Å². The highest BCUT2D eigenvalue weighted by Gasteiger charge is 2.66. The summed E-state index contributed by atoms with van der Waals surface area (Å²) in [6.45, 7) is 0.861. The molecule has 0 spiro atoms. The van der Waals surface area contributed by atoms with Crippen molar-refractivity contribution in [3.05, 3.63) is 0 Å². The third-order valence-corrected chi connectivity index (χ3v) is 6.85. The molecule has 0 radical (unpaired) electrons. The van der Waals surface area contributed by atoms with Gasteiger partial charge in [0.05, 0.1) is 11.0 Å². The van der Waals surface area contributed by atoms with Crippen LogP contribution < -0.4 is 0 Å². The van der Waals surface area contributed by atoms with Crippen LogP contribution in [-0.4, -0.2) is 40.8 Å². The highest BCUT2D eigenvalue weighted by molar-refractivity contribution is 7.86. The number of aliphatic hydroxyl groups is 1. The molecule has 0 aliphatic heterocycles. The van der Waals surface area contributed by atoms with E-state index in [-0.39, 0.29) is 31.1 Å². The molecule has 6 nitrogen and oxygen atoms in total. The van der Waals surface area contributed by atoms with Gasteiger partial charge >= 0.3 is 17.1 Å². The van der Waals surface area contributed by atoms with Gasteiger partial charge in [0.1, 0.15) is 0 Å². The molecule has 0 heterocycles. The van der Waals surface area contributed by atoms with Gasteiger partial charge in [-0.1, -0.05) is 6.92 Å². The maximum atomic E-state index is 14.6. The van der Waals surface area contributed by atoms with Crippen molar-refractivity contribution in [3.8, 4) is 0 Å². The van der Waals surface area contributed by atoms with E-state index in [1.807, 2.05) is 0 Å². The zero-order valence-electron chi connectivity index (χ0n) is 13.6. The SMILES string of the molecule is CCC(F)(OC(=O)C12CC3CC(CC(O)(C3)C1)C2)C(F)(F)S(=O)(=O)[O-]. The molecule has 10 heteroatoms. The highest BCUT2D eigenvalue weighted by Crippen LogP contribution is 2.62. The lowest BCUT2D eigenvalue weighted by atomic mass is 9.48. The number of hydrogen-bond acceptors (Lipinski definition) is 6. The first-order valence-corrected chi connectivity index (χ1v) is 9.65. The third kappa shape index (κ3) is 2.76. The average molecular weight is 385 g/mol. The Kier molecular flexibility index (Phi) is 4.03. The topological polar surface area (TPSA) is 104 Å². The Morgan fingerprint density at radius 3 is 2.16 bits per heavy atom. The van der Waals surface area contributed by atoms with E-state index in [2.05, 4.69) is 4.74 Å². The minimum Gasteiger partial charge on any atom is -0.743 e. The van der Waals surface area contributed by atoms with Crippen molar-refractivity contribution < 1.29 is 40.8 Å². The quantitative estimate of drug-likeness (QED) is 0.574. The molecule has 25 heavy (non-hydrogen) atoms. The molecule has 4 aliphatic rings. The molecule has 4 fully saturated rings. The van der Waals surface area contributed by atoms with Crippen LogP contribution in [0.5, 0.6) is 0 Å². The first kappa shape index (κ1) is 18.9. The molecule has 0 saturated heterocycles. The predicted octanol–water partition coefficient (Wildman–Crippen LogP) is 2.07. The Hall–Kier alpha value is -0.870. The Labute approximate surface area is 143 Å². The monoisotopic (exact) mass is 385 g/mol. The van der Waals surface area contributed by atoms with Crippen LogP contribution >= 0.6 is 0 Å². The van der Waals surface area contributed by atoms with Crippen molar-refractivity contribution in [1.82, 2.24) is 0 Å². The summed E-state index contributed by atoms with van der Waals surface area (Å²) in [5, 5.41) is 5.17. The Bertz CT molecular complexity index is 679. The van der Waals surface area contributed by atoms with Crippen LogP contribution in [0.25, 0.3) is 0 Å². The van der Waals surface area contributed by atoms with E-state index < -0.39 is 44.6 Å². The van der Waals surface area contributed by atoms with E-state index in [9.17, 15) is 36.0 Å². The maximum Gasteiger partial charge on any atom is 0.402 e. The van der Waals surface area contributed by atoms with Gasteiger partial charge in [0.25, 0.3) is 0 Å². The third-order valence-electron chi connectivity index (χ3n) is 5.92. The minimum absolute atomic E-state index is 0.0122. The van der Waals surface area contributed by atoms with Crippen LogP contribution in [0.3, 0.4) is 0 Å². The standard InChI is InChI=1S/C15H21F3O6S/c1-2-14(16,15(17,18)25(21,22)23)24-11(19)12-4-9-3-10(5-12)7-13(20,6-9)8-12/h9-10,20H,2-8H2,1H3,(H,21,22,23)/p-1. The maximum absolute atomic E-state index is 14.6. The molecule has 0 aromatic rings. The fourth-order valence-corrected chi connectivity index (χ4v) is 5.79. The molecule has 4 saturated carbocycles. The fourth-order valence-electron chi connectivity index (χ4n) is 5.23. The first-order chi connectivity index (χ1) is 11.3. The van der Waals surface area contributed by atoms with Gasteiger partial charge in [-0.25, -0.2) is 8.42 Å². The molecule has 4 bridgehead atoms. The van der Waals surface area contributed by atoms with E-state index in [0.29, 0.717) is 12.8 Å². The summed E-state index contributed by atoms with van der Waals surface area (Å²) >= 11 is 0. The van der Waals surface area contributed by atoms with Gasteiger partial charge in [-0.05, 0) is 50.4 Å². The number of esters is 1. The number of alkyl halides is 3. The van der Waals surface area contributed by atoms with Crippen molar-refractivity contribution in [3.63, 3.8) is 0 Å². The molecule has 0 aromatic carbocycles. The second kappa shape index (κ2) is 5.32. The summed E-state index contributed by atoms with van der Waals surface area (Å²) in [4.78, 5) is 12.6. The van der Waals surface area contributed by atoms with Gasteiger partial charge in [0, 0.05) is 6.42 Å². The molecule has 144 valence electrons. The Balaban J connectivity index is 1.89. The van der Waals surface area contributed by atoms with Gasteiger partial charge in [-0.2, -0.15) is 13.2 Å². The van der Waals surface area contributed by atoms with Crippen LogP contribution in [0.4, 0.5) is 13.2 Å². The van der Waals surface area contributed by atoms with Crippen LogP contribution in [-0.2, 0) is 19.6 Å². The van der Waals surface area contributed by atoms with E-state index in [0.717, 1.165) is 13.3 Å². The van der Waals surface area contributed by atoms with Gasteiger partial charge in [-0.3, -0.25) is 4.79 Å². The molecule has 1 N–H and O–H groups in total. The average Bonchev–Trinajstić information content (AvgIpc) is 2.42. The van der Waals surface area contributed by atoms with Crippen LogP contribution in [0.2, 0.25) is 0 Å². The molecule has 3 unspecified atom stereocenters. The van der Waals surface area contributed by atoms with Gasteiger partial charge in [-0.15, -0.1) is 0 Å². The second-order valence-electron chi connectivity index (χ2n) is 7.91. The van der Waals surface area contributed by atoms with Crippen LogP contribution in [0.1, 0.15) is 51.9 Å². The predicted molar refractivity (Wildman–Crippen MR) is 76.9 cm³/mol. The minimum atomic E-state index is -6.37. The van der Waals surface area contributed by atoms with Gasteiger partial charge in [0.2, 0.25) is 0 Å². The molecule has 0 amide bonds. The largest absolute Gasteiger partial charge is 0.743 e. The van der Waals surface area contributed by atoms with Crippen molar-refractivity contribution >= 4 is 16.1 Å². The highest BCUT2D eigenvalue weighted by atomic mass is 32.2. The molecule has 4 aliphatic carbocycles. The van der Waals surface area contributed by atoms with E-state index in [1.165, 1.54) is 0 Å². The van der Waals surface area contributed by atoms with Crippen molar-refractivity contribution in [2.75, 3.05) is 0 Å². The first-order valence-electron chi connectivity index (χ1n) is 8.24. The van der Waals surface area contributed by atoms with Crippen molar-refractivity contribution in [2.24, 2.45) is 17.3 Å². The lowest BCUT2D eigenvalue weighted by molar-refractivity contribution is -0.258.